The Labute approximate surface area is 119 Å². The third-order valence-corrected chi connectivity index (χ3v) is 4.22. The molecule has 0 N–H and O–H groups in total. The molecule has 0 heterocycles. The average Bonchev–Trinajstić information content (AvgIpc) is 3.07. The lowest BCUT2D eigenvalue weighted by molar-refractivity contribution is -0.172. The van der Waals surface area contributed by atoms with Gasteiger partial charge in [-0.05, 0) is 44.1 Å². The lowest BCUT2D eigenvalue weighted by Crippen LogP contribution is -2.19. The van der Waals surface area contributed by atoms with Crippen LogP contribution >= 0.6 is 0 Å². The molecule has 2 saturated carbocycles. The minimum atomic E-state index is -4.23. The van der Waals surface area contributed by atoms with E-state index in [9.17, 15) is 22.0 Å². The maximum absolute atomic E-state index is 13.9. The first kappa shape index (κ1) is 14.6. The van der Waals surface area contributed by atoms with Crippen LogP contribution in [0.3, 0.4) is 0 Å². The molecule has 0 aromatic heterocycles. The minimum absolute atomic E-state index is 0.0238. The minimum Gasteiger partial charge on any atom is -0.487 e. The van der Waals surface area contributed by atoms with Crippen LogP contribution in [-0.4, -0.2) is 12.3 Å². The third-order valence-electron chi connectivity index (χ3n) is 4.22. The molecular formula is C15H15F5O. The number of ether oxygens (including phenoxy) is 1. The molecule has 2 fully saturated rings. The van der Waals surface area contributed by atoms with Crippen molar-refractivity contribution in [2.24, 2.45) is 5.92 Å². The van der Waals surface area contributed by atoms with Gasteiger partial charge in [-0.3, -0.25) is 0 Å². The van der Waals surface area contributed by atoms with Gasteiger partial charge in [0.2, 0.25) is 5.82 Å². The zero-order valence-corrected chi connectivity index (χ0v) is 11.2. The fourth-order valence-electron chi connectivity index (χ4n) is 2.90. The van der Waals surface area contributed by atoms with Crippen molar-refractivity contribution in [1.82, 2.24) is 0 Å². The van der Waals surface area contributed by atoms with Crippen LogP contribution in [0.1, 0.15) is 43.6 Å². The summed E-state index contributed by atoms with van der Waals surface area (Å²) in [6.07, 6.45) is -2.58. The molecule has 0 radical (unpaired) electrons. The predicted octanol–water partition coefficient (Wildman–Crippen LogP) is 4.95. The summed E-state index contributed by atoms with van der Waals surface area (Å²) in [7, 11) is 0. The zero-order chi connectivity index (χ0) is 15.2. The van der Waals surface area contributed by atoms with Crippen molar-refractivity contribution in [1.29, 1.82) is 0 Å². The Morgan fingerprint density at radius 3 is 2.29 bits per heavy atom. The van der Waals surface area contributed by atoms with Gasteiger partial charge in [0.15, 0.2) is 11.6 Å². The summed E-state index contributed by atoms with van der Waals surface area (Å²) in [5, 5.41) is 0. The maximum atomic E-state index is 13.9. The van der Waals surface area contributed by atoms with E-state index in [1.807, 2.05) is 0 Å². The molecule has 3 rings (SSSR count). The quantitative estimate of drug-likeness (QED) is 0.718. The van der Waals surface area contributed by atoms with E-state index in [-0.39, 0.29) is 24.7 Å². The van der Waals surface area contributed by atoms with Gasteiger partial charge in [-0.1, -0.05) is 6.07 Å². The largest absolute Gasteiger partial charge is 0.487 e. The Bertz CT molecular complexity index is 536. The molecule has 0 bridgehead atoms. The molecule has 0 amide bonds. The molecule has 2 aliphatic rings. The van der Waals surface area contributed by atoms with E-state index in [1.54, 1.807) is 0 Å². The molecule has 6 heteroatoms. The molecule has 21 heavy (non-hydrogen) atoms. The van der Waals surface area contributed by atoms with Gasteiger partial charge in [0.05, 0.1) is 12.0 Å². The number of hydrogen-bond donors (Lipinski definition) is 0. The molecule has 116 valence electrons. The molecule has 2 atom stereocenters. The van der Waals surface area contributed by atoms with Crippen molar-refractivity contribution in [3.63, 3.8) is 0 Å². The highest BCUT2D eigenvalue weighted by atomic mass is 19.4. The maximum Gasteiger partial charge on any atom is 0.391 e. The zero-order valence-electron chi connectivity index (χ0n) is 11.2. The first-order valence-electron chi connectivity index (χ1n) is 7.07. The third kappa shape index (κ3) is 2.99. The van der Waals surface area contributed by atoms with Crippen molar-refractivity contribution in [3.8, 4) is 5.75 Å². The van der Waals surface area contributed by atoms with E-state index in [1.165, 1.54) is 6.07 Å². The van der Waals surface area contributed by atoms with Gasteiger partial charge in [0, 0.05) is 5.56 Å². The number of hydrogen-bond acceptors (Lipinski definition) is 1. The highest BCUT2D eigenvalue weighted by molar-refractivity contribution is 5.39. The Balaban J connectivity index is 1.86. The van der Waals surface area contributed by atoms with Crippen LogP contribution in [0, 0.1) is 17.6 Å². The second-order valence-electron chi connectivity index (χ2n) is 5.85. The van der Waals surface area contributed by atoms with Crippen molar-refractivity contribution in [3.05, 3.63) is 29.3 Å². The highest BCUT2D eigenvalue weighted by Crippen LogP contribution is 2.48. The summed E-state index contributed by atoms with van der Waals surface area (Å²) >= 11 is 0. The first-order valence-corrected chi connectivity index (χ1v) is 7.07. The molecule has 1 aromatic rings. The van der Waals surface area contributed by atoms with Gasteiger partial charge in [0.25, 0.3) is 0 Å². The fourth-order valence-corrected chi connectivity index (χ4v) is 2.90. The van der Waals surface area contributed by atoms with Crippen molar-refractivity contribution >= 4 is 0 Å². The van der Waals surface area contributed by atoms with Crippen molar-refractivity contribution in [2.45, 2.75) is 50.3 Å². The first-order chi connectivity index (χ1) is 9.86. The summed E-state index contributed by atoms with van der Waals surface area (Å²) in [5.74, 6) is -4.11. The molecule has 0 spiro atoms. The van der Waals surface area contributed by atoms with Crippen LogP contribution in [0.2, 0.25) is 0 Å². The fraction of sp³-hybridized carbons (Fsp3) is 0.600. The standard InChI is InChI=1S/C15H15F5O/c16-12-6-5-11(14(13(12)17)21-10-3-4-10)8-1-2-9(7-8)15(18,19)20/h5-6,8-10H,1-4,7H2. The average molecular weight is 306 g/mol. The number of halogens is 5. The van der Waals surface area contributed by atoms with Crippen LogP contribution in [0.15, 0.2) is 12.1 Å². The van der Waals surface area contributed by atoms with Gasteiger partial charge in [-0.25, -0.2) is 4.39 Å². The number of alkyl halides is 3. The lowest BCUT2D eigenvalue weighted by Gasteiger charge is -2.18. The lowest BCUT2D eigenvalue weighted by atomic mass is 9.95. The Kier molecular flexibility index (Phi) is 3.58. The molecule has 0 aliphatic heterocycles. The van der Waals surface area contributed by atoms with Gasteiger partial charge in [-0.15, -0.1) is 0 Å². The Morgan fingerprint density at radius 2 is 1.71 bits per heavy atom. The van der Waals surface area contributed by atoms with Crippen LogP contribution < -0.4 is 4.74 Å². The molecule has 0 saturated heterocycles. The molecule has 2 aliphatic carbocycles. The van der Waals surface area contributed by atoms with Gasteiger partial charge in [-0.2, -0.15) is 17.6 Å². The van der Waals surface area contributed by atoms with Gasteiger partial charge in [0.1, 0.15) is 0 Å². The smallest absolute Gasteiger partial charge is 0.391 e. The Hall–Kier alpha value is -1.33. The van der Waals surface area contributed by atoms with E-state index in [0.29, 0.717) is 12.0 Å². The van der Waals surface area contributed by atoms with Gasteiger partial charge >= 0.3 is 6.18 Å². The topological polar surface area (TPSA) is 9.23 Å². The molecule has 1 aromatic carbocycles. The summed E-state index contributed by atoms with van der Waals surface area (Å²) < 4.78 is 70.9. The predicted molar refractivity (Wildman–Crippen MR) is 66.1 cm³/mol. The Morgan fingerprint density at radius 1 is 1.00 bits per heavy atom. The summed E-state index contributed by atoms with van der Waals surface area (Å²) in [6, 6.07) is 2.32. The second-order valence-corrected chi connectivity index (χ2v) is 5.85. The molecular weight excluding hydrogens is 291 g/mol. The number of rotatable bonds is 3. The second kappa shape index (κ2) is 5.14. The van der Waals surface area contributed by atoms with E-state index in [2.05, 4.69) is 0 Å². The van der Waals surface area contributed by atoms with Crippen LogP contribution in [0.5, 0.6) is 5.75 Å². The molecule has 1 nitrogen and oxygen atoms in total. The van der Waals surface area contributed by atoms with Crippen LogP contribution in [-0.2, 0) is 0 Å². The summed E-state index contributed by atoms with van der Waals surface area (Å²) in [4.78, 5) is 0. The normalized spacial score (nSPS) is 26.1. The van der Waals surface area contributed by atoms with E-state index in [4.69, 9.17) is 4.74 Å². The van der Waals surface area contributed by atoms with Gasteiger partial charge < -0.3 is 4.74 Å². The highest BCUT2D eigenvalue weighted by Gasteiger charge is 2.45. The van der Waals surface area contributed by atoms with Crippen molar-refractivity contribution < 1.29 is 26.7 Å². The number of benzene rings is 1. The van der Waals surface area contributed by atoms with Crippen LogP contribution in [0.4, 0.5) is 22.0 Å². The molecule has 2 unspecified atom stereocenters. The SMILES string of the molecule is Fc1ccc(C2CCC(C(F)(F)F)C2)c(OC2CC2)c1F. The monoisotopic (exact) mass is 306 g/mol. The van der Waals surface area contributed by atoms with E-state index in [0.717, 1.165) is 18.9 Å². The van der Waals surface area contributed by atoms with Crippen molar-refractivity contribution in [2.75, 3.05) is 0 Å². The van der Waals surface area contributed by atoms with E-state index >= 15 is 0 Å². The summed E-state index contributed by atoms with van der Waals surface area (Å²) in [6.45, 7) is 0. The van der Waals surface area contributed by atoms with E-state index < -0.39 is 29.6 Å². The summed E-state index contributed by atoms with van der Waals surface area (Å²) in [5.41, 5.74) is 0.368. The van der Waals surface area contributed by atoms with Crippen LogP contribution in [0.25, 0.3) is 0 Å².